The van der Waals surface area contributed by atoms with E-state index in [9.17, 15) is 0 Å². The average molecular weight is 268 g/mol. The van der Waals surface area contributed by atoms with Gasteiger partial charge in [-0.1, -0.05) is 24.3 Å². The molecule has 3 aromatic rings. The molecule has 0 aliphatic carbocycles. The first kappa shape index (κ1) is 12.5. The first-order valence-electron chi connectivity index (χ1n) is 6.40. The van der Waals surface area contributed by atoms with Crippen molar-refractivity contribution in [2.24, 2.45) is 14.1 Å². The topological polar surface area (TPSA) is 61.4 Å². The highest BCUT2D eigenvalue weighted by Gasteiger charge is 2.10. The Hall–Kier alpha value is -2.50. The molecule has 0 amide bonds. The summed E-state index contributed by atoms with van der Waals surface area (Å²) in [4.78, 5) is 0. The molecule has 0 saturated heterocycles. The van der Waals surface area contributed by atoms with Crippen LogP contribution in [0, 0.1) is 13.8 Å². The molecule has 0 atom stereocenters. The number of rotatable bonds is 2. The van der Waals surface area contributed by atoms with Crippen LogP contribution >= 0.6 is 0 Å². The summed E-state index contributed by atoms with van der Waals surface area (Å²) < 4.78 is 3.95. The second-order valence-corrected chi connectivity index (χ2v) is 4.84. The summed E-state index contributed by atoms with van der Waals surface area (Å²) >= 11 is 0. The number of aromatic nitrogens is 6. The number of hydrogen-bond donors (Lipinski definition) is 0. The quantitative estimate of drug-likeness (QED) is 0.712. The third kappa shape index (κ3) is 1.89. The largest absolute Gasteiger partial charge is 0.314 e. The lowest BCUT2D eigenvalue weighted by atomic mass is 10.1. The minimum atomic E-state index is 0.864. The smallest absolute Gasteiger partial charge is 0.163 e. The van der Waals surface area contributed by atoms with Crippen LogP contribution < -0.4 is 0 Å². The predicted molar refractivity (Wildman–Crippen MR) is 75.9 cm³/mol. The lowest BCUT2D eigenvalue weighted by Crippen LogP contribution is -1.96. The molecule has 6 heteroatoms. The van der Waals surface area contributed by atoms with Crippen molar-refractivity contribution >= 4 is 0 Å². The van der Waals surface area contributed by atoms with Crippen molar-refractivity contribution in [3.05, 3.63) is 35.9 Å². The zero-order valence-corrected chi connectivity index (χ0v) is 12.0. The van der Waals surface area contributed by atoms with E-state index in [4.69, 9.17) is 0 Å². The molecule has 102 valence electrons. The standard InChI is InChI=1S/C14H16N6/c1-9-15-17-13(19(9)3)11-5-7-12(8-6-11)14-18-16-10(2)20(14)4/h5-8H,1-4H3. The van der Waals surface area contributed by atoms with Gasteiger partial charge in [0.2, 0.25) is 0 Å². The Morgan fingerprint density at radius 2 is 1.00 bits per heavy atom. The van der Waals surface area contributed by atoms with Crippen LogP contribution in [0.3, 0.4) is 0 Å². The minimum Gasteiger partial charge on any atom is -0.314 e. The van der Waals surface area contributed by atoms with Crippen LogP contribution in [0.25, 0.3) is 22.8 Å². The molecule has 20 heavy (non-hydrogen) atoms. The number of aryl methyl sites for hydroxylation is 2. The molecular weight excluding hydrogens is 252 g/mol. The molecule has 0 radical (unpaired) electrons. The van der Waals surface area contributed by atoms with Crippen LogP contribution in [0.15, 0.2) is 24.3 Å². The fourth-order valence-corrected chi connectivity index (χ4v) is 2.09. The van der Waals surface area contributed by atoms with Crippen molar-refractivity contribution in [3.63, 3.8) is 0 Å². The third-order valence-corrected chi connectivity index (χ3v) is 3.59. The molecule has 2 heterocycles. The number of nitrogens with zero attached hydrogens (tertiary/aromatic N) is 6. The highest BCUT2D eigenvalue weighted by atomic mass is 15.3. The van der Waals surface area contributed by atoms with Gasteiger partial charge < -0.3 is 9.13 Å². The molecule has 6 nitrogen and oxygen atoms in total. The summed E-state index contributed by atoms with van der Waals surface area (Å²) in [5.41, 5.74) is 2.08. The van der Waals surface area contributed by atoms with E-state index in [-0.39, 0.29) is 0 Å². The zero-order chi connectivity index (χ0) is 14.3. The minimum absolute atomic E-state index is 0.864. The fourth-order valence-electron chi connectivity index (χ4n) is 2.09. The van der Waals surface area contributed by atoms with Crippen molar-refractivity contribution in [3.8, 4) is 22.8 Å². The van der Waals surface area contributed by atoms with Crippen molar-refractivity contribution < 1.29 is 0 Å². The molecule has 0 N–H and O–H groups in total. The SMILES string of the molecule is Cc1nnc(-c2ccc(-c3nnc(C)n3C)cc2)n1C. The molecule has 0 aliphatic heterocycles. The normalized spacial score (nSPS) is 11.0. The molecule has 0 fully saturated rings. The monoisotopic (exact) mass is 268 g/mol. The van der Waals surface area contributed by atoms with Gasteiger partial charge in [0, 0.05) is 25.2 Å². The van der Waals surface area contributed by atoms with Gasteiger partial charge in [0.1, 0.15) is 11.6 Å². The van der Waals surface area contributed by atoms with E-state index in [1.807, 2.05) is 61.3 Å². The van der Waals surface area contributed by atoms with E-state index in [0.717, 1.165) is 34.4 Å². The number of hydrogen-bond acceptors (Lipinski definition) is 4. The summed E-state index contributed by atoms with van der Waals surface area (Å²) in [6, 6.07) is 8.12. The van der Waals surface area contributed by atoms with E-state index < -0.39 is 0 Å². The van der Waals surface area contributed by atoms with Gasteiger partial charge in [0.15, 0.2) is 11.6 Å². The highest BCUT2D eigenvalue weighted by Crippen LogP contribution is 2.22. The van der Waals surface area contributed by atoms with Gasteiger partial charge in [-0.15, -0.1) is 20.4 Å². The van der Waals surface area contributed by atoms with Gasteiger partial charge in [-0.2, -0.15) is 0 Å². The lowest BCUT2D eigenvalue weighted by molar-refractivity contribution is 0.863. The second kappa shape index (κ2) is 4.56. The Balaban J connectivity index is 2.00. The van der Waals surface area contributed by atoms with Gasteiger partial charge in [-0.3, -0.25) is 0 Å². The van der Waals surface area contributed by atoms with Crippen molar-refractivity contribution in [2.75, 3.05) is 0 Å². The highest BCUT2D eigenvalue weighted by molar-refractivity contribution is 5.63. The maximum absolute atomic E-state index is 4.19. The van der Waals surface area contributed by atoms with Crippen molar-refractivity contribution in [1.82, 2.24) is 29.5 Å². The van der Waals surface area contributed by atoms with Crippen LogP contribution in [0.5, 0.6) is 0 Å². The molecule has 3 rings (SSSR count). The first-order valence-corrected chi connectivity index (χ1v) is 6.40. The Morgan fingerprint density at radius 1 is 0.650 bits per heavy atom. The van der Waals surface area contributed by atoms with Gasteiger partial charge >= 0.3 is 0 Å². The maximum Gasteiger partial charge on any atom is 0.163 e. The van der Waals surface area contributed by atoms with Crippen LogP contribution in [-0.4, -0.2) is 29.5 Å². The molecule has 0 spiro atoms. The Bertz CT molecular complexity index is 685. The Morgan fingerprint density at radius 3 is 1.25 bits per heavy atom. The molecule has 0 aliphatic rings. The van der Waals surface area contributed by atoms with Gasteiger partial charge in [0.25, 0.3) is 0 Å². The molecule has 0 bridgehead atoms. The lowest BCUT2D eigenvalue weighted by Gasteiger charge is -2.04. The third-order valence-electron chi connectivity index (χ3n) is 3.59. The van der Waals surface area contributed by atoms with Crippen molar-refractivity contribution in [1.29, 1.82) is 0 Å². The molecule has 2 aromatic heterocycles. The summed E-state index contributed by atoms with van der Waals surface area (Å²) in [7, 11) is 3.93. The molecule has 1 aromatic carbocycles. The van der Waals surface area contributed by atoms with Crippen LogP contribution in [0.4, 0.5) is 0 Å². The summed E-state index contributed by atoms with van der Waals surface area (Å²) in [5.74, 6) is 3.52. The van der Waals surface area contributed by atoms with E-state index in [0.29, 0.717) is 0 Å². The number of benzene rings is 1. The van der Waals surface area contributed by atoms with Crippen LogP contribution in [-0.2, 0) is 14.1 Å². The van der Waals surface area contributed by atoms with Gasteiger partial charge in [-0.25, -0.2) is 0 Å². The first-order chi connectivity index (χ1) is 9.58. The molecule has 0 unspecified atom stereocenters. The van der Waals surface area contributed by atoms with E-state index >= 15 is 0 Å². The fraction of sp³-hybridized carbons (Fsp3) is 0.286. The Labute approximate surface area is 117 Å². The van der Waals surface area contributed by atoms with Crippen molar-refractivity contribution in [2.45, 2.75) is 13.8 Å². The summed E-state index contributed by atoms with van der Waals surface area (Å²) in [6.45, 7) is 3.88. The average Bonchev–Trinajstić information content (AvgIpc) is 2.96. The van der Waals surface area contributed by atoms with E-state index in [2.05, 4.69) is 20.4 Å². The van der Waals surface area contributed by atoms with Crippen LogP contribution in [0.2, 0.25) is 0 Å². The maximum atomic E-state index is 4.19. The van der Waals surface area contributed by atoms with Crippen LogP contribution in [0.1, 0.15) is 11.6 Å². The Kier molecular flexibility index (Phi) is 2.85. The second-order valence-electron chi connectivity index (χ2n) is 4.84. The van der Waals surface area contributed by atoms with Gasteiger partial charge in [-0.05, 0) is 13.8 Å². The predicted octanol–water partition coefficient (Wildman–Crippen LogP) is 1.89. The molecule has 0 saturated carbocycles. The van der Waals surface area contributed by atoms with E-state index in [1.165, 1.54) is 0 Å². The van der Waals surface area contributed by atoms with Gasteiger partial charge in [0.05, 0.1) is 0 Å². The zero-order valence-electron chi connectivity index (χ0n) is 12.0. The summed E-state index contributed by atoms with van der Waals surface area (Å²) in [6.07, 6.45) is 0. The van der Waals surface area contributed by atoms with E-state index in [1.54, 1.807) is 0 Å². The molecular formula is C14H16N6. The summed E-state index contributed by atoms with van der Waals surface area (Å²) in [5, 5.41) is 16.5.